The number of rotatable bonds is 8. The molecule has 1 atom stereocenters. The molecular weight excluding hydrogens is 292 g/mol. The van der Waals surface area contributed by atoms with E-state index in [0.717, 1.165) is 12.0 Å². The first kappa shape index (κ1) is 17.9. The van der Waals surface area contributed by atoms with Crippen LogP contribution in [0.15, 0.2) is 6.07 Å². The van der Waals surface area contributed by atoms with Crippen molar-refractivity contribution >= 4 is 11.6 Å². The molecule has 5 nitrogen and oxygen atoms in total. The Bertz CT molecular complexity index is 465. The molecule has 4 N–H and O–H groups in total. The molecule has 0 aliphatic rings. The van der Waals surface area contributed by atoms with E-state index in [1.54, 1.807) is 21.3 Å². The molecule has 1 unspecified atom stereocenters. The lowest BCUT2D eigenvalue weighted by atomic mass is 9.89. The fourth-order valence-corrected chi connectivity index (χ4v) is 2.76. The Labute approximate surface area is 131 Å². The van der Waals surface area contributed by atoms with Crippen molar-refractivity contribution in [2.45, 2.75) is 19.3 Å². The Morgan fingerprint density at radius 2 is 1.52 bits per heavy atom. The molecule has 6 heteroatoms. The maximum Gasteiger partial charge on any atom is 0.205 e. The van der Waals surface area contributed by atoms with Gasteiger partial charge >= 0.3 is 0 Å². The van der Waals surface area contributed by atoms with Crippen LogP contribution in [0.1, 0.15) is 24.8 Å². The molecule has 0 aromatic heterocycles. The van der Waals surface area contributed by atoms with Crippen LogP contribution in [0, 0.1) is 5.92 Å². The minimum absolute atomic E-state index is 0.189. The van der Waals surface area contributed by atoms with Gasteiger partial charge in [-0.3, -0.25) is 0 Å². The fourth-order valence-electron chi connectivity index (χ4n) is 2.48. The van der Waals surface area contributed by atoms with Crippen molar-refractivity contribution in [3.05, 3.63) is 16.7 Å². The molecule has 0 saturated heterocycles. The van der Waals surface area contributed by atoms with Crippen LogP contribution in [0.25, 0.3) is 0 Å². The van der Waals surface area contributed by atoms with Crippen LogP contribution in [0.4, 0.5) is 0 Å². The van der Waals surface area contributed by atoms with Gasteiger partial charge in [0.05, 0.1) is 26.4 Å². The van der Waals surface area contributed by atoms with Crippen molar-refractivity contribution in [1.29, 1.82) is 0 Å². The minimum Gasteiger partial charge on any atom is -0.492 e. The highest BCUT2D eigenvalue weighted by molar-refractivity contribution is 6.32. The summed E-state index contributed by atoms with van der Waals surface area (Å²) in [4.78, 5) is 0. The molecule has 0 heterocycles. The van der Waals surface area contributed by atoms with Gasteiger partial charge in [-0.15, -0.1) is 0 Å². The van der Waals surface area contributed by atoms with E-state index in [0.29, 0.717) is 35.4 Å². The average molecular weight is 317 g/mol. The number of benzene rings is 1. The first-order chi connectivity index (χ1) is 10.0. The fraction of sp³-hybridized carbons (Fsp3) is 0.600. The summed E-state index contributed by atoms with van der Waals surface area (Å²) in [5.41, 5.74) is 12.4. The predicted molar refractivity (Wildman–Crippen MR) is 85.7 cm³/mol. The van der Waals surface area contributed by atoms with Gasteiger partial charge in [-0.05, 0) is 37.4 Å². The van der Waals surface area contributed by atoms with Crippen molar-refractivity contribution in [3.63, 3.8) is 0 Å². The van der Waals surface area contributed by atoms with Gasteiger partial charge in [-0.25, -0.2) is 0 Å². The molecule has 0 saturated carbocycles. The standard InChI is InChI=1S/C15H25ClN2O3/c1-9(5-10(7-17)8-18)11-6-12(16)14(20-3)15(21-4)13(11)19-2/h6,9-10H,5,7-8,17-18H2,1-4H3. The van der Waals surface area contributed by atoms with Gasteiger partial charge in [0, 0.05) is 5.56 Å². The van der Waals surface area contributed by atoms with Crippen molar-refractivity contribution in [2.24, 2.45) is 17.4 Å². The third-order valence-corrected chi connectivity index (χ3v) is 3.95. The minimum atomic E-state index is 0.189. The smallest absolute Gasteiger partial charge is 0.205 e. The van der Waals surface area contributed by atoms with E-state index in [9.17, 15) is 0 Å². The molecule has 1 aromatic carbocycles. The maximum atomic E-state index is 6.28. The summed E-state index contributed by atoms with van der Waals surface area (Å²) in [6, 6.07) is 1.86. The third kappa shape index (κ3) is 3.93. The van der Waals surface area contributed by atoms with Gasteiger partial charge in [0.25, 0.3) is 0 Å². The maximum absolute atomic E-state index is 6.28. The summed E-state index contributed by atoms with van der Waals surface area (Å²) in [5.74, 6) is 2.07. The first-order valence-corrected chi connectivity index (χ1v) is 7.30. The topological polar surface area (TPSA) is 79.7 Å². The highest BCUT2D eigenvalue weighted by Gasteiger charge is 2.24. The average Bonchev–Trinajstić information content (AvgIpc) is 2.50. The van der Waals surface area contributed by atoms with E-state index >= 15 is 0 Å². The number of methoxy groups -OCH3 is 3. The van der Waals surface area contributed by atoms with Gasteiger partial charge in [0.1, 0.15) is 0 Å². The number of halogens is 1. The summed E-state index contributed by atoms with van der Waals surface area (Å²) in [5, 5.41) is 0.494. The molecule has 0 spiro atoms. The first-order valence-electron chi connectivity index (χ1n) is 6.92. The molecule has 1 rings (SSSR count). The molecular formula is C15H25ClN2O3. The van der Waals surface area contributed by atoms with E-state index in [1.807, 2.05) is 6.07 Å². The van der Waals surface area contributed by atoms with E-state index in [4.69, 9.17) is 37.3 Å². The van der Waals surface area contributed by atoms with Crippen LogP contribution in [-0.4, -0.2) is 34.4 Å². The Hall–Kier alpha value is -1.17. The molecule has 21 heavy (non-hydrogen) atoms. The van der Waals surface area contributed by atoms with Crippen LogP contribution in [0.5, 0.6) is 17.2 Å². The second-order valence-corrected chi connectivity index (χ2v) is 5.43. The van der Waals surface area contributed by atoms with Gasteiger partial charge in [-0.1, -0.05) is 18.5 Å². The molecule has 0 radical (unpaired) electrons. The molecule has 0 bridgehead atoms. The van der Waals surface area contributed by atoms with Gasteiger partial charge < -0.3 is 25.7 Å². The zero-order chi connectivity index (χ0) is 16.0. The second kappa shape index (κ2) is 8.32. The number of hydrogen-bond donors (Lipinski definition) is 2. The van der Waals surface area contributed by atoms with E-state index < -0.39 is 0 Å². The number of hydrogen-bond acceptors (Lipinski definition) is 5. The Morgan fingerprint density at radius 3 is 1.95 bits per heavy atom. The zero-order valence-electron chi connectivity index (χ0n) is 13.1. The lowest BCUT2D eigenvalue weighted by molar-refractivity contribution is 0.319. The van der Waals surface area contributed by atoms with E-state index in [1.165, 1.54) is 0 Å². The number of nitrogens with two attached hydrogens (primary N) is 2. The Morgan fingerprint density at radius 1 is 1.00 bits per heavy atom. The largest absolute Gasteiger partial charge is 0.492 e. The lowest BCUT2D eigenvalue weighted by Gasteiger charge is -2.23. The van der Waals surface area contributed by atoms with E-state index in [-0.39, 0.29) is 11.8 Å². The molecule has 0 aliphatic heterocycles. The Kier molecular flexibility index (Phi) is 7.08. The summed E-state index contributed by atoms with van der Waals surface area (Å²) in [6.45, 7) is 3.22. The molecule has 1 aromatic rings. The van der Waals surface area contributed by atoms with Crippen LogP contribution in [0.3, 0.4) is 0 Å². The summed E-state index contributed by atoms with van der Waals surface area (Å²) in [6.07, 6.45) is 0.856. The summed E-state index contributed by atoms with van der Waals surface area (Å²) < 4.78 is 16.2. The third-order valence-electron chi connectivity index (χ3n) is 3.67. The second-order valence-electron chi connectivity index (χ2n) is 5.02. The SMILES string of the molecule is COc1c(Cl)cc(C(C)CC(CN)CN)c(OC)c1OC. The predicted octanol–water partition coefficient (Wildman–Crippen LogP) is 2.39. The van der Waals surface area contributed by atoms with Crippen LogP contribution in [0.2, 0.25) is 5.02 Å². The molecule has 0 fully saturated rings. The molecule has 0 aliphatic carbocycles. The zero-order valence-corrected chi connectivity index (χ0v) is 13.9. The van der Waals surface area contributed by atoms with E-state index in [2.05, 4.69) is 6.92 Å². The van der Waals surface area contributed by atoms with Crippen LogP contribution >= 0.6 is 11.6 Å². The van der Waals surface area contributed by atoms with Crippen molar-refractivity contribution < 1.29 is 14.2 Å². The number of ether oxygens (including phenoxy) is 3. The molecule has 120 valence electrons. The van der Waals surface area contributed by atoms with Crippen LogP contribution in [-0.2, 0) is 0 Å². The normalized spacial score (nSPS) is 12.4. The Balaban J connectivity index is 3.25. The van der Waals surface area contributed by atoms with Crippen molar-refractivity contribution in [2.75, 3.05) is 34.4 Å². The monoisotopic (exact) mass is 316 g/mol. The highest BCUT2D eigenvalue weighted by atomic mass is 35.5. The van der Waals surface area contributed by atoms with Crippen molar-refractivity contribution in [1.82, 2.24) is 0 Å². The van der Waals surface area contributed by atoms with Gasteiger partial charge in [-0.2, -0.15) is 0 Å². The van der Waals surface area contributed by atoms with Gasteiger partial charge in [0.2, 0.25) is 5.75 Å². The summed E-state index contributed by atoms with van der Waals surface area (Å²) >= 11 is 6.28. The van der Waals surface area contributed by atoms with Crippen LogP contribution < -0.4 is 25.7 Å². The van der Waals surface area contributed by atoms with Gasteiger partial charge in [0.15, 0.2) is 11.5 Å². The molecule has 0 amide bonds. The quantitative estimate of drug-likeness (QED) is 0.770. The lowest BCUT2D eigenvalue weighted by Crippen LogP contribution is -2.24. The highest BCUT2D eigenvalue weighted by Crippen LogP contribution is 2.47. The summed E-state index contributed by atoms with van der Waals surface area (Å²) in [7, 11) is 4.71. The van der Waals surface area contributed by atoms with Crippen molar-refractivity contribution in [3.8, 4) is 17.2 Å².